The van der Waals surface area contributed by atoms with Gasteiger partial charge in [0.25, 0.3) is 0 Å². The van der Waals surface area contributed by atoms with Crippen molar-refractivity contribution >= 4 is 39.8 Å². The molecule has 0 aliphatic rings. The predicted molar refractivity (Wildman–Crippen MR) is 107 cm³/mol. The lowest BCUT2D eigenvalue weighted by molar-refractivity contribution is 0.549. The molecule has 0 aromatic heterocycles. The highest BCUT2D eigenvalue weighted by molar-refractivity contribution is 14.0. The van der Waals surface area contributed by atoms with Gasteiger partial charge in [-0.25, -0.2) is 12.8 Å². The summed E-state index contributed by atoms with van der Waals surface area (Å²) in [7, 11) is -2.02. The van der Waals surface area contributed by atoms with E-state index < -0.39 is 15.7 Å². The zero-order valence-electron chi connectivity index (χ0n) is 14.4. The van der Waals surface area contributed by atoms with Gasteiger partial charge in [0.05, 0.1) is 5.75 Å². The van der Waals surface area contributed by atoms with E-state index in [1.807, 2.05) is 0 Å². The first-order chi connectivity index (χ1) is 10.9. The van der Waals surface area contributed by atoms with Gasteiger partial charge in [-0.3, -0.25) is 4.99 Å². The number of nitrogens with zero attached hydrogens (tertiary/aromatic N) is 1. The van der Waals surface area contributed by atoms with Crippen LogP contribution in [0.1, 0.15) is 26.7 Å². The topological polar surface area (TPSA) is 70.6 Å². The molecular formula is C16H27FIN3O2S. The fourth-order valence-corrected chi connectivity index (χ4v) is 3.29. The molecule has 0 aliphatic heterocycles. The van der Waals surface area contributed by atoms with Gasteiger partial charge in [-0.15, -0.1) is 24.0 Å². The molecule has 5 nitrogen and oxygen atoms in total. The summed E-state index contributed by atoms with van der Waals surface area (Å²) in [6, 6.07) is 5.41. The molecule has 1 aromatic carbocycles. The van der Waals surface area contributed by atoms with Crippen LogP contribution in [0.3, 0.4) is 0 Å². The Hall–Kier alpha value is -0.900. The van der Waals surface area contributed by atoms with Crippen molar-refractivity contribution in [3.63, 3.8) is 0 Å². The number of guanidine groups is 1. The fourth-order valence-electron chi connectivity index (χ4n) is 2.05. The van der Waals surface area contributed by atoms with E-state index in [1.54, 1.807) is 7.05 Å². The van der Waals surface area contributed by atoms with Crippen LogP contribution in [-0.2, 0) is 9.84 Å². The molecular weight excluding hydrogens is 444 g/mol. The summed E-state index contributed by atoms with van der Waals surface area (Å²) in [5, 5.41) is 6.07. The normalized spacial score (nSPS) is 12.0. The summed E-state index contributed by atoms with van der Waals surface area (Å²) >= 11 is 0. The zero-order chi connectivity index (χ0) is 17.3. The first kappa shape index (κ1) is 23.1. The van der Waals surface area contributed by atoms with Crippen LogP contribution in [-0.4, -0.2) is 40.3 Å². The molecule has 0 amide bonds. The van der Waals surface area contributed by atoms with Gasteiger partial charge in [0.1, 0.15) is 10.7 Å². The van der Waals surface area contributed by atoms with Crippen LogP contribution in [0.2, 0.25) is 0 Å². The Labute approximate surface area is 161 Å². The van der Waals surface area contributed by atoms with Crippen molar-refractivity contribution in [3.05, 3.63) is 30.1 Å². The van der Waals surface area contributed by atoms with Crippen LogP contribution >= 0.6 is 24.0 Å². The van der Waals surface area contributed by atoms with E-state index in [-0.39, 0.29) is 41.2 Å². The number of sulfone groups is 1. The maximum Gasteiger partial charge on any atom is 0.191 e. The number of aliphatic imine (C=N–C) groups is 1. The average molecular weight is 471 g/mol. The number of hydrogen-bond acceptors (Lipinski definition) is 3. The van der Waals surface area contributed by atoms with E-state index >= 15 is 0 Å². The molecule has 0 saturated carbocycles. The molecule has 0 saturated heterocycles. The molecule has 0 fully saturated rings. The van der Waals surface area contributed by atoms with Crippen molar-refractivity contribution in [1.29, 1.82) is 0 Å². The summed E-state index contributed by atoms with van der Waals surface area (Å²) in [6.07, 6.45) is 2.14. The Morgan fingerprint density at radius 3 is 2.42 bits per heavy atom. The lowest BCUT2D eigenvalue weighted by Crippen LogP contribution is -2.40. The Morgan fingerprint density at radius 1 is 1.21 bits per heavy atom. The van der Waals surface area contributed by atoms with Crippen LogP contribution in [0.5, 0.6) is 0 Å². The Bertz CT molecular complexity index is 622. The number of hydrogen-bond donors (Lipinski definition) is 2. The Morgan fingerprint density at radius 2 is 1.83 bits per heavy atom. The van der Waals surface area contributed by atoms with E-state index in [2.05, 4.69) is 29.5 Å². The largest absolute Gasteiger partial charge is 0.356 e. The summed E-state index contributed by atoms with van der Waals surface area (Å²) in [5.41, 5.74) is 0. The van der Waals surface area contributed by atoms with Crippen molar-refractivity contribution in [1.82, 2.24) is 10.6 Å². The summed E-state index contributed by atoms with van der Waals surface area (Å²) in [4.78, 5) is 3.78. The molecule has 0 aliphatic carbocycles. The van der Waals surface area contributed by atoms with E-state index in [4.69, 9.17) is 0 Å². The van der Waals surface area contributed by atoms with Crippen LogP contribution in [0.15, 0.2) is 34.2 Å². The number of rotatable bonds is 8. The molecule has 0 bridgehead atoms. The van der Waals surface area contributed by atoms with Crippen LogP contribution in [0, 0.1) is 11.7 Å². The second kappa shape index (κ2) is 11.6. The smallest absolute Gasteiger partial charge is 0.191 e. The maximum atomic E-state index is 13.6. The van der Waals surface area contributed by atoms with Gasteiger partial charge in [0, 0.05) is 20.1 Å². The number of nitrogens with one attached hydrogen (secondary N) is 2. The van der Waals surface area contributed by atoms with Gasteiger partial charge in [-0.1, -0.05) is 26.0 Å². The van der Waals surface area contributed by atoms with Gasteiger partial charge in [0.2, 0.25) is 0 Å². The molecule has 0 radical (unpaired) electrons. The highest BCUT2D eigenvalue weighted by atomic mass is 127. The molecule has 0 heterocycles. The van der Waals surface area contributed by atoms with Gasteiger partial charge in [-0.05, 0) is 30.9 Å². The SMILES string of the molecule is CN=C(NCCCC(C)C)NCCS(=O)(=O)c1ccccc1F.I. The first-order valence-corrected chi connectivity index (χ1v) is 9.44. The van der Waals surface area contributed by atoms with Crippen molar-refractivity contribution < 1.29 is 12.8 Å². The maximum absolute atomic E-state index is 13.6. The first-order valence-electron chi connectivity index (χ1n) is 7.78. The van der Waals surface area contributed by atoms with Gasteiger partial charge >= 0.3 is 0 Å². The summed E-state index contributed by atoms with van der Waals surface area (Å²) < 4.78 is 37.8. The number of benzene rings is 1. The average Bonchev–Trinajstić information content (AvgIpc) is 2.49. The lowest BCUT2D eigenvalue weighted by Gasteiger charge is -2.12. The molecule has 24 heavy (non-hydrogen) atoms. The minimum absolute atomic E-state index is 0. The van der Waals surface area contributed by atoms with Crippen molar-refractivity contribution in [2.24, 2.45) is 10.9 Å². The fraction of sp³-hybridized carbons (Fsp3) is 0.562. The second-order valence-corrected chi connectivity index (χ2v) is 7.79. The molecule has 1 aromatic rings. The monoisotopic (exact) mass is 471 g/mol. The highest BCUT2D eigenvalue weighted by Crippen LogP contribution is 2.14. The Kier molecular flexibility index (Phi) is 11.2. The van der Waals surface area contributed by atoms with Crippen molar-refractivity contribution in [2.75, 3.05) is 25.9 Å². The van der Waals surface area contributed by atoms with Crippen LogP contribution < -0.4 is 10.6 Å². The third-order valence-corrected chi connectivity index (χ3v) is 5.05. The van der Waals surface area contributed by atoms with Gasteiger partial charge < -0.3 is 10.6 Å². The third kappa shape index (κ3) is 8.27. The van der Waals surface area contributed by atoms with Crippen LogP contribution in [0.25, 0.3) is 0 Å². The van der Waals surface area contributed by atoms with Crippen molar-refractivity contribution in [3.8, 4) is 0 Å². The zero-order valence-corrected chi connectivity index (χ0v) is 17.5. The minimum atomic E-state index is -3.65. The summed E-state index contributed by atoms with van der Waals surface area (Å²) in [6.45, 7) is 5.28. The molecule has 0 unspecified atom stereocenters. The molecule has 0 spiro atoms. The second-order valence-electron chi connectivity index (χ2n) is 5.71. The molecule has 0 atom stereocenters. The third-order valence-electron chi connectivity index (χ3n) is 3.31. The van der Waals surface area contributed by atoms with Gasteiger partial charge in [0.15, 0.2) is 15.8 Å². The molecule has 138 valence electrons. The highest BCUT2D eigenvalue weighted by Gasteiger charge is 2.18. The standard InChI is InChI=1S/C16H26FN3O2S.HI/c1-13(2)7-6-10-19-16(18-3)20-11-12-23(21,22)15-9-5-4-8-14(15)17;/h4-5,8-9,13H,6-7,10-12H2,1-3H3,(H2,18,19,20);1H. The molecule has 8 heteroatoms. The van der Waals surface area contributed by atoms with E-state index in [9.17, 15) is 12.8 Å². The predicted octanol–water partition coefficient (Wildman–Crippen LogP) is 2.82. The molecule has 2 N–H and O–H groups in total. The quantitative estimate of drug-likeness (QED) is 0.265. The Balaban J connectivity index is 0.00000529. The van der Waals surface area contributed by atoms with Crippen molar-refractivity contribution in [2.45, 2.75) is 31.6 Å². The van der Waals surface area contributed by atoms with Gasteiger partial charge in [-0.2, -0.15) is 0 Å². The van der Waals surface area contributed by atoms with Crippen LogP contribution in [0.4, 0.5) is 4.39 Å². The molecule has 1 rings (SSSR count). The van der Waals surface area contributed by atoms with E-state index in [0.29, 0.717) is 11.9 Å². The number of halogens is 2. The minimum Gasteiger partial charge on any atom is -0.356 e. The van der Waals surface area contributed by atoms with E-state index in [1.165, 1.54) is 18.2 Å². The lowest BCUT2D eigenvalue weighted by atomic mass is 10.1. The van der Waals surface area contributed by atoms with E-state index in [0.717, 1.165) is 25.5 Å². The summed E-state index contributed by atoms with van der Waals surface area (Å²) in [5.74, 6) is 0.291.